The molecule has 2 N–H and O–H groups in total. The van der Waals surface area contributed by atoms with E-state index < -0.39 is 17.8 Å². The first-order valence-electron chi connectivity index (χ1n) is 13.3. The topological polar surface area (TPSA) is 116 Å². The van der Waals surface area contributed by atoms with Crippen LogP contribution in [0.15, 0.2) is 70.7 Å². The van der Waals surface area contributed by atoms with Gasteiger partial charge in [0.05, 0.1) is 24.3 Å². The molecule has 9 nitrogen and oxygen atoms in total. The van der Waals surface area contributed by atoms with E-state index in [1.165, 1.54) is 11.3 Å². The van der Waals surface area contributed by atoms with Crippen molar-refractivity contribution in [3.8, 4) is 22.6 Å². The maximum Gasteiger partial charge on any atom is 0.254 e. The molecule has 1 aliphatic heterocycles. The Morgan fingerprint density at radius 1 is 1.17 bits per heavy atom. The molecule has 3 unspecified atom stereocenters. The first kappa shape index (κ1) is 27.0. The predicted molar refractivity (Wildman–Crippen MR) is 154 cm³/mol. The van der Waals surface area contributed by atoms with Crippen LogP contribution in [0, 0.1) is 6.92 Å². The Hall–Kier alpha value is -4.22. The van der Waals surface area contributed by atoms with Crippen LogP contribution in [0.3, 0.4) is 0 Å². The highest BCUT2D eigenvalue weighted by Gasteiger charge is 2.38. The number of rotatable bonds is 7. The lowest BCUT2D eigenvalue weighted by molar-refractivity contribution is 0.0728. The maximum absolute atomic E-state index is 14.7. The number of alkyl halides is 1. The molecule has 5 aromatic rings. The zero-order valence-electron chi connectivity index (χ0n) is 23.0. The van der Waals surface area contributed by atoms with Crippen molar-refractivity contribution in [2.75, 3.05) is 6.54 Å². The molecule has 3 aromatic heterocycles. The van der Waals surface area contributed by atoms with Crippen molar-refractivity contribution in [3.63, 3.8) is 0 Å². The van der Waals surface area contributed by atoms with Gasteiger partial charge >= 0.3 is 0 Å². The Labute approximate surface area is 240 Å². The number of halogens is 1. The van der Waals surface area contributed by atoms with E-state index in [4.69, 9.17) is 10.2 Å². The third-order valence-electron chi connectivity index (χ3n) is 7.23. The zero-order chi connectivity index (χ0) is 28.7. The van der Waals surface area contributed by atoms with Crippen LogP contribution in [0.4, 0.5) is 4.39 Å². The van der Waals surface area contributed by atoms with Gasteiger partial charge in [0, 0.05) is 47.4 Å². The van der Waals surface area contributed by atoms with Gasteiger partial charge in [-0.3, -0.25) is 9.48 Å². The van der Waals surface area contributed by atoms with E-state index in [0.717, 1.165) is 27.4 Å². The molecule has 6 rings (SSSR count). The second-order valence-corrected chi connectivity index (χ2v) is 11.7. The fourth-order valence-electron chi connectivity index (χ4n) is 5.21. The number of benzene rings is 2. The van der Waals surface area contributed by atoms with E-state index in [9.17, 15) is 9.18 Å². The molecule has 0 aliphatic carbocycles. The van der Waals surface area contributed by atoms with Crippen LogP contribution in [0.1, 0.15) is 51.9 Å². The number of hydrogen-bond acceptors (Lipinski definition) is 8. The summed E-state index contributed by atoms with van der Waals surface area (Å²) in [4.78, 5) is 20.1. The van der Waals surface area contributed by atoms with Crippen LogP contribution >= 0.6 is 11.3 Å². The van der Waals surface area contributed by atoms with E-state index in [-0.39, 0.29) is 30.7 Å². The number of nitrogens with two attached hydrogens (primary N) is 1. The normalized spacial score (nSPS) is 18.5. The molecule has 11 heteroatoms. The van der Waals surface area contributed by atoms with Crippen molar-refractivity contribution in [1.29, 1.82) is 0 Å². The molecule has 1 saturated heterocycles. The minimum atomic E-state index is -1.13. The van der Waals surface area contributed by atoms with E-state index in [1.54, 1.807) is 27.9 Å². The van der Waals surface area contributed by atoms with Crippen LogP contribution in [-0.4, -0.2) is 48.5 Å². The van der Waals surface area contributed by atoms with Crippen molar-refractivity contribution in [2.24, 2.45) is 12.8 Å². The van der Waals surface area contributed by atoms with E-state index in [2.05, 4.69) is 20.3 Å². The van der Waals surface area contributed by atoms with Crippen LogP contribution in [0.5, 0.6) is 0 Å². The minimum absolute atomic E-state index is 0.00427. The molecular formula is C30H30FN7O2S. The number of nitrogens with zero attached hydrogens (tertiary/aromatic N) is 6. The lowest BCUT2D eigenvalue weighted by Gasteiger charge is -2.23. The summed E-state index contributed by atoms with van der Waals surface area (Å²) in [6, 6.07) is 14.8. The largest absolute Gasteiger partial charge is 0.419 e. The molecule has 4 heterocycles. The Morgan fingerprint density at radius 3 is 2.66 bits per heavy atom. The molecule has 1 amide bonds. The molecule has 210 valence electrons. The van der Waals surface area contributed by atoms with E-state index in [1.807, 2.05) is 68.9 Å². The monoisotopic (exact) mass is 571 g/mol. The fourth-order valence-corrected chi connectivity index (χ4v) is 6.13. The molecule has 3 atom stereocenters. The van der Waals surface area contributed by atoms with Gasteiger partial charge in [-0.2, -0.15) is 5.10 Å². The van der Waals surface area contributed by atoms with Gasteiger partial charge in [-0.25, -0.2) is 9.37 Å². The molecular weight excluding hydrogens is 541 g/mol. The number of hydrogen-bond donors (Lipinski definition) is 1. The van der Waals surface area contributed by atoms with Crippen LogP contribution in [-0.2, 0) is 19.0 Å². The molecule has 2 aromatic carbocycles. The standard InChI is InChI=1S/C30H30FN7O2S/c1-18-17-41-27(34-18)25-12-24(31)16-38(25)28(39)22-10-20(23-14-33-37(3)15-23)9-21(11-22)26-35-36-29(40-26)30(2,32)13-19-7-5-4-6-8-19/h4-11,14-15,17,24-25H,12-13,16,32H2,1-3H3. The highest BCUT2D eigenvalue weighted by atomic mass is 32.1. The van der Waals surface area contributed by atoms with Gasteiger partial charge < -0.3 is 15.1 Å². The second-order valence-electron chi connectivity index (χ2n) is 10.8. The molecule has 41 heavy (non-hydrogen) atoms. The van der Waals surface area contributed by atoms with Gasteiger partial charge in [0.25, 0.3) is 5.91 Å². The van der Waals surface area contributed by atoms with Gasteiger partial charge in [0.15, 0.2) is 0 Å². The van der Waals surface area contributed by atoms with Gasteiger partial charge in [-0.05, 0) is 49.6 Å². The average molecular weight is 572 g/mol. The summed E-state index contributed by atoms with van der Waals surface area (Å²) in [6.07, 6.45) is 3.18. The van der Waals surface area contributed by atoms with Crippen molar-refractivity contribution >= 4 is 17.2 Å². The zero-order valence-corrected chi connectivity index (χ0v) is 23.8. The highest BCUT2D eigenvalue weighted by molar-refractivity contribution is 7.09. The molecule has 0 radical (unpaired) electrons. The number of amides is 1. The smallest absolute Gasteiger partial charge is 0.254 e. The summed E-state index contributed by atoms with van der Waals surface area (Å²) in [5.41, 5.74) is 10.1. The van der Waals surface area contributed by atoms with Crippen molar-refractivity contribution in [2.45, 2.75) is 44.4 Å². The summed E-state index contributed by atoms with van der Waals surface area (Å²) in [6.45, 7) is 3.74. The summed E-state index contributed by atoms with van der Waals surface area (Å²) in [7, 11) is 1.82. The third kappa shape index (κ3) is 5.55. The lowest BCUT2D eigenvalue weighted by Crippen LogP contribution is -2.35. The molecule has 0 saturated carbocycles. The average Bonchev–Trinajstić information content (AvgIpc) is 3.76. The van der Waals surface area contributed by atoms with Gasteiger partial charge in [0.1, 0.15) is 11.2 Å². The Morgan fingerprint density at radius 2 is 1.95 bits per heavy atom. The lowest BCUT2D eigenvalue weighted by atomic mass is 9.94. The Bertz CT molecular complexity index is 1690. The fraction of sp³-hybridized carbons (Fsp3) is 0.300. The number of likely N-dealkylation sites (tertiary alicyclic amines) is 1. The molecule has 1 aliphatic rings. The number of carbonyl (C=O) groups is 1. The van der Waals surface area contributed by atoms with Crippen molar-refractivity contribution < 1.29 is 13.6 Å². The van der Waals surface area contributed by atoms with Crippen LogP contribution in [0.2, 0.25) is 0 Å². The van der Waals surface area contributed by atoms with Crippen molar-refractivity contribution in [3.05, 3.63) is 94.0 Å². The second kappa shape index (κ2) is 10.6. The third-order valence-corrected chi connectivity index (χ3v) is 8.29. The number of aromatic nitrogens is 5. The first-order chi connectivity index (χ1) is 19.7. The first-order valence-corrected chi connectivity index (χ1v) is 14.2. The summed E-state index contributed by atoms with van der Waals surface area (Å²) >= 11 is 1.45. The number of carbonyl (C=O) groups excluding carboxylic acids is 1. The molecule has 1 fully saturated rings. The van der Waals surface area contributed by atoms with E-state index >= 15 is 0 Å². The summed E-state index contributed by atoms with van der Waals surface area (Å²) in [5, 5.41) is 15.5. The Kier molecular flexibility index (Phi) is 7.00. The van der Waals surface area contributed by atoms with E-state index in [0.29, 0.717) is 17.5 Å². The van der Waals surface area contributed by atoms with Crippen LogP contribution < -0.4 is 5.73 Å². The number of thiazole rings is 1. The number of aryl methyl sites for hydroxylation is 2. The molecule has 0 bridgehead atoms. The van der Waals surface area contributed by atoms with Gasteiger partial charge in [-0.15, -0.1) is 21.5 Å². The SMILES string of the molecule is Cc1csc(C2CC(F)CN2C(=O)c2cc(-c3cnn(C)c3)cc(-c3nnc(C(C)(N)Cc4ccccc4)o3)c2)n1. The molecule has 0 spiro atoms. The summed E-state index contributed by atoms with van der Waals surface area (Å²) < 4.78 is 22.5. The Balaban J connectivity index is 1.37. The van der Waals surface area contributed by atoms with Gasteiger partial charge in [-0.1, -0.05) is 30.3 Å². The minimum Gasteiger partial charge on any atom is -0.419 e. The highest BCUT2D eigenvalue weighted by Crippen LogP contribution is 2.37. The quantitative estimate of drug-likeness (QED) is 0.284. The maximum atomic E-state index is 14.7. The predicted octanol–water partition coefficient (Wildman–Crippen LogP) is 5.24. The van der Waals surface area contributed by atoms with Crippen LogP contribution in [0.25, 0.3) is 22.6 Å². The summed E-state index contributed by atoms with van der Waals surface area (Å²) in [5.74, 6) is 0.235. The van der Waals surface area contributed by atoms with Gasteiger partial charge in [0.2, 0.25) is 11.8 Å². The van der Waals surface area contributed by atoms with Crippen molar-refractivity contribution in [1.82, 2.24) is 29.9 Å².